The van der Waals surface area contributed by atoms with Gasteiger partial charge in [0.25, 0.3) is 0 Å². The first-order chi connectivity index (χ1) is 3.41. The van der Waals surface area contributed by atoms with E-state index in [1.165, 1.54) is 0 Å². The minimum absolute atomic E-state index is 0.451. The first-order valence-corrected chi connectivity index (χ1v) is 2.18. The molecular formula is C3H11N3O. The van der Waals surface area contributed by atoms with Gasteiger partial charge in [0.1, 0.15) is 6.73 Å². The molecule has 0 aromatic heterocycles. The topological polar surface area (TPSA) is 59.3 Å². The van der Waals surface area contributed by atoms with Crippen LogP contribution < -0.4 is 16.8 Å². The fraction of sp³-hybridized carbons (Fsp3) is 1.00. The first kappa shape index (κ1) is 6.84. The van der Waals surface area contributed by atoms with E-state index in [0.717, 1.165) is 0 Å². The molecule has 0 aliphatic heterocycles. The highest BCUT2D eigenvalue weighted by Gasteiger charge is 1.74. The summed E-state index contributed by atoms with van der Waals surface area (Å²) in [5, 5.41) is 0. The minimum atomic E-state index is 0.451. The smallest absolute Gasteiger partial charge is 0.110 e. The van der Waals surface area contributed by atoms with Crippen molar-refractivity contribution in [2.45, 2.75) is 6.92 Å². The van der Waals surface area contributed by atoms with Crippen LogP contribution in [0.1, 0.15) is 6.92 Å². The molecule has 0 aliphatic rings. The second kappa shape index (κ2) is 5.84. The maximum atomic E-state index is 4.83. The SMILES string of the molecule is CCOCNNN. The van der Waals surface area contributed by atoms with Crippen molar-refractivity contribution >= 4 is 0 Å². The monoisotopic (exact) mass is 105 g/mol. The third-order valence-corrected chi connectivity index (χ3v) is 0.480. The van der Waals surface area contributed by atoms with E-state index in [0.29, 0.717) is 13.3 Å². The van der Waals surface area contributed by atoms with Gasteiger partial charge in [0.2, 0.25) is 0 Å². The third kappa shape index (κ3) is 5.84. The van der Waals surface area contributed by atoms with E-state index in [1.54, 1.807) is 0 Å². The number of hydrogen-bond donors (Lipinski definition) is 3. The third-order valence-electron chi connectivity index (χ3n) is 0.480. The van der Waals surface area contributed by atoms with Crippen molar-refractivity contribution in [2.24, 2.45) is 5.84 Å². The molecule has 0 atom stereocenters. The highest BCUT2D eigenvalue weighted by atomic mass is 16.5. The molecule has 0 unspecified atom stereocenters. The molecule has 0 spiro atoms. The Balaban J connectivity index is 2.45. The summed E-state index contributed by atoms with van der Waals surface area (Å²) in [5.41, 5.74) is 4.78. The average Bonchev–Trinajstić information content (AvgIpc) is 1.69. The van der Waals surface area contributed by atoms with Crippen molar-refractivity contribution in [1.29, 1.82) is 0 Å². The molecule has 0 radical (unpaired) electrons. The molecular weight excluding hydrogens is 94.1 g/mol. The molecule has 0 bridgehead atoms. The molecule has 0 saturated heterocycles. The average molecular weight is 105 g/mol. The van der Waals surface area contributed by atoms with Crippen molar-refractivity contribution in [3.05, 3.63) is 0 Å². The van der Waals surface area contributed by atoms with Crippen LogP contribution in [0.2, 0.25) is 0 Å². The lowest BCUT2D eigenvalue weighted by molar-refractivity contribution is 0.118. The Morgan fingerprint density at radius 3 is 2.86 bits per heavy atom. The number of rotatable bonds is 4. The van der Waals surface area contributed by atoms with Crippen LogP contribution in [0.5, 0.6) is 0 Å². The number of hydrogen-bond acceptors (Lipinski definition) is 4. The molecule has 4 N–H and O–H groups in total. The van der Waals surface area contributed by atoms with Crippen molar-refractivity contribution in [2.75, 3.05) is 13.3 Å². The maximum Gasteiger partial charge on any atom is 0.110 e. The van der Waals surface area contributed by atoms with E-state index in [1.807, 2.05) is 6.92 Å². The number of hydrazine groups is 2. The van der Waals surface area contributed by atoms with Crippen molar-refractivity contribution in [3.8, 4) is 0 Å². The summed E-state index contributed by atoms with van der Waals surface area (Å²) in [6.07, 6.45) is 0. The lowest BCUT2D eigenvalue weighted by Gasteiger charge is -1.99. The molecule has 0 heterocycles. The van der Waals surface area contributed by atoms with E-state index in [4.69, 9.17) is 10.6 Å². The van der Waals surface area contributed by atoms with Gasteiger partial charge in [-0.05, 0) is 6.92 Å². The molecule has 0 fully saturated rings. The number of nitrogens with two attached hydrogens (primary N) is 1. The van der Waals surface area contributed by atoms with Gasteiger partial charge in [0, 0.05) is 6.61 Å². The number of nitrogens with one attached hydrogen (secondary N) is 2. The van der Waals surface area contributed by atoms with Gasteiger partial charge < -0.3 is 4.74 Å². The van der Waals surface area contributed by atoms with Gasteiger partial charge >= 0.3 is 0 Å². The highest BCUT2D eigenvalue weighted by molar-refractivity contribution is 4.13. The molecule has 0 amide bonds. The molecule has 0 saturated carbocycles. The predicted molar refractivity (Wildman–Crippen MR) is 27.0 cm³/mol. The van der Waals surface area contributed by atoms with Crippen LogP contribution >= 0.6 is 0 Å². The Bertz CT molecular complexity index is 29.4. The van der Waals surface area contributed by atoms with Gasteiger partial charge in [-0.1, -0.05) is 0 Å². The molecule has 0 aromatic carbocycles. The normalized spacial score (nSPS) is 9.43. The molecule has 0 rings (SSSR count). The van der Waals surface area contributed by atoms with Crippen LogP contribution in [0.15, 0.2) is 0 Å². The Kier molecular flexibility index (Phi) is 5.71. The van der Waals surface area contributed by atoms with Crippen molar-refractivity contribution in [3.63, 3.8) is 0 Å². The standard InChI is InChI=1S/C3H11N3O/c1-2-7-3-5-6-4/h5-6H,2-4H2,1H3. The van der Waals surface area contributed by atoms with Crippen LogP contribution in [0.25, 0.3) is 0 Å². The van der Waals surface area contributed by atoms with Gasteiger partial charge in [0.05, 0.1) is 0 Å². The zero-order chi connectivity index (χ0) is 5.54. The van der Waals surface area contributed by atoms with Gasteiger partial charge in [-0.3, -0.25) is 5.84 Å². The fourth-order valence-corrected chi connectivity index (χ4v) is 0.195. The van der Waals surface area contributed by atoms with Gasteiger partial charge in [0.15, 0.2) is 0 Å². The van der Waals surface area contributed by atoms with Crippen LogP contribution in [0, 0.1) is 0 Å². The van der Waals surface area contributed by atoms with Crippen LogP contribution in [-0.4, -0.2) is 13.3 Å². The fourth-order valence-electron chi connectivity index (χ4n) is 0.195. The second-order valence-electron chi connectivity index (χ2n) is 0.958. The summed E-state index contributed by atoms with van der Waals surface area (Å²) in [6, 6.07) is 0. The Hall–Kier alpha value is -0.160. The van der Waals surface area contributed by atoms with Crippen LogP contribution in [0.3, 0.4) is 0 Å². The van der Waals surface area contributed by atoms with E-state index in [2.05, 4.69) is 11.0 Å². The Labute approximate surface area is 43.0 Å². The summed E-state index contributed by atoms with van der Waals surface area (Å²) in [4.78, 5) is 0. The van der Waals surface area contributed by atoms with E-state index in [-0.39, 0.29) is 0 Å². The zero-order valence-corrected chi connectivity index (χ0v) is 4.40. The zero-order valence-electron chi connectivity index (χ0n) is 4.40. The number of ether oxygens (including phenoxy) is 1. The first-order valence-electron chi connectivity index (χ1n) is 2.18. The molecule has 44 valence electrons. The molecule has 4 nitrogen and oxygen atoms in total. The predicted octanol–water partition coefficient (Wildman–Crippen LogP) is -1.05. The molecule has 0 aliphatic carbocycles. The van der Waals surface area contributed by atoms with E-state index >= 15 is 0 Å². The van der Waals surface area contributed by atoms with E-state index in [9.17, 15) is 0 Å². The largest absolute Gasteiger partial charge is 0.365 e. The Morgan fingerprint density at radius 2 is 2.43 bits per heavy atom. The summed E-state index contributed by atoms with van der Waals surface area (Å²) >= 11 is 0. The van der Waals surface area contributed by atoms with Gasteiger partial charge in [-0.15, -0.1) is 0 Å². The summed E-state index contributed by atoms with van der Waals surface area (Å²) in [6.45, 7) is 3.07. The summed E-state index contributed by atoms with van der Waals surface area (Å²) in [7, 11) is 0. The van der Waals surface area contributed by atoms with Gasteiger partial charge in [-0.2, -0.15) is 5.53 Å². The quantitative estimate of drug-likeness (QED) is 0.185. The lowest BCUT2D eigenvalue weighted by atomic mass is 10.9. The lowest BCUT2D eigenvalue weighted by Crippen LogP contribution is -2.39. The summed E-state index contributed by atoms with van der Waals surface area (Å²) < 4.78 is 4.82. The highest BCUT2D eigenvalue weighted by Crippen LogP contribution is 1.61. The molecule has 7 heavy (non-hydrogen) atoms. The molecule has 4 heteroatoms. The van der Waals surface area contributed by atoms with E-state index < -0.39 is 0 Å². The van der Waals surface area contributed by atoms with Crippen LogP contribution in [0.4, 0.5) is 0 Å². The second-order valence-corrected chi connectivity index (χ2v) is 0.958. The molecule has 0 aromatic rings. The van der Waals surface area contributed by atoms with Crippen LogP contribution in [-0.2, 0) is 4.74 Å². The Morgan fingerprint density at radius 1 is 1.71 bits per heavy atom. The van der Waals surface area contributed by atoms with Crippen molar-refractivity contribution < 1.29 is 4.74 Å². The van der Waals surface area contributed by atoms with Gasteiger partial charge in [-0.25, -0.2) is 5.43 Å². The minimum Gasteiger partial charge on any atom is -0.365 e. The van der Waals surface area contributed by atoms with Crippen molar-refractivity contribution in [1.82, 2.24) is 11.0 Å². The maximum absolute atomic E-state index is 4.83. The summed E-state index contributed by atoms with van der Waals surface area (Å²) in [5.74, 6) is 4.83.